The summed E-state index contributed by atoms with van der Waals surface area (Å²) in [6.45, 7) is -1.44. The van der Waals surface area contributed by atoms with E-state index in [1.54, 1.807) is 0 Å². The molecule has 2 aromatic rings. The molecule has 1 saturated heterocycles. The zero-order chi connectivity index (χ0) is 15.0. The maximum absolute atomic E-state index is 12.4. The van der Waals surface area contributed by atoms with E-state index in [2.05, 4.69) is 9.72 Å². The number of ether oxygens (including phenoxy) is 1. The number of anilines is 1. The SMILES string of the molecule is O=C(O)Cc1ccc(OC(F)F)c2nc(N3CCC3)oc12. The van der Waals surface area contributed by atoms with Crippen LogP contribution in [0.1, 0.15) is 12.0 Å². The number of carboxylic acid groups (broad SMARTS) is 1. The fourth-order valence-corrected chi connectivity index (χ4v) is 2.16. The fourth-order valence-electron chi connectivity index (χ4n) is 2.16. The first-order valence-electron chi connectivity index (χ1n) is 6.38. The van der Waals surface area contributed by atoms with Gasteiger partial charge in [-0.1, -0.05) is 6.07 Å². The lowest BCUT2D eigenvalue weighted by Crippen LogP contribution is -2.37. The number of aromatic nitrogens is 1. The zero-order valence-corrected chi connectivity index (χ0v) is 10.9. The Morgan fingerprint density at radius 1 is 1.48 bits per heavy atom. The molecule has 0 unspecified atom stereocenters. The van der Waals surface area contributed by atoms with Gasteiger partial charge in [-0.2, -0.15) is 13.8 Å². The first-order chi connectivity index (χ1) is 10.0. The molecule has 2 heterocycles. The third-order valence-electron chi connectivity index (χ3n) is 3.26. The van der Waals surface area contributed by atoms with Crippen molar-refractivity contribution in [1.82, 2.24) is 4.98 Å². The minimum Gasteiger partial charge on any atom is -0.481 e. The van der Waals surface area contributed by atoms with Crippen molar-refractivity contribution in [2.75, 3.05) is 18.0 Å². The minimum absolute atomic E-state index is 0.121. The smallest absolute Gasteiger partial charge is 0.387 e. The molecule has 3 rings (SSSR count). The van der Waals surface area contributed by atoms with Crippen LogP contribution < -0.4 is 9.64 Å². The van der Waals surface area contributed by atoms with Crippen LogP contribution in [0.25, 0.3) is 11.1 Å². The number of hydrogen-bond acceptors (Lipinski definition) is 5. The molecule has 112 valence electrons. The Kier molecular flexibility index (Phi) is 3.36. The van der Waals surface area contributed by atoms with E-state index in [0.29, 0.717) is 11.6 Å². The van der Waals surface area contributed by atoms with E-state index in [4.69, 9.17) is 9.52 Å². The quantitative estimate of drug-likeness (QED) is 0.912. The summed E-state index contributed by atoms with van der Waals surface area (Å²) in [5, 5.41) is 8.89. The highest BCUT2D eigenvalue weighted by atomic mass is 19.3. The number of fused-ring (bicyclic) bond motifs is 1. The number of hydrogen-bond donors (Lipinski definition) is 1. The van der Waals surface area contributed by atoms with Crippen LogP contribution in [0.15, 0.2) is 16.5 Å². The molecular weight excluding hydrogens is 286 g/mol. The van der Waals surface area contributed by atoms with Crippen molar-refractivity contribution < 1.29 is 27.8 Å². The molecule has 1 aliphatic heterocycles. The fraction of sp³-hybridized carbons (Fsp3) is 0.385. The highest BCUT2D eigenvalue weighted by Gasteiger charge is 2.24. The maximum atomic E-state index is 12.4. The van der Waals surface area contributed by atoms with Crippen molar-refractivity contribution in [3.63, 3.8) is 0 Å². The Balaban J connectivity index is 2.08. The van der Waals surface area contributed by atoms with Gasteiger partial charge in [-0.05, 0) is 12.5 Å². The molecule has 0 saturated carbocycles. The van der Waals surface area contributed by atoms with Crippen molar-refractivity contribution in [1.29, 1.82) is 0 Å². The second kappa shape index (κ2) is 5.19. The van der Waals surface area contributed by atoms with Gasteiger partial charge in [-0.15, -0.1) is 0 Å². The highest BCUT2D eigenvalue weighted by Crippen LogP contribution is 2.34. The average molecular weight is 298 g/mol. The van der Waals surface area contributed by atoms with Crippen LogP contribution in [0, 0.1) is 0 Å². The Morgan fingerprint density at radius 2 is 2.24 bits per heavy atom. The van der Waals surface area contributed by atoms with Gasteiger partial charge < -0.3 is 19.2 Å². The first kappa shape index (κ1) is 13.6. The van der Waals surface area contributed by atoms with Crippen LogP contribution in [0.2, 0.25) is 0 Å². The van der Waals surface area contributed by atoms with Gasteiger partial charge in [0, 0.05) is 18.7 Å². The van der Waals surface area contributed by atoms with Crippen LogP contribution in [-0.4, -0.2) is 35.8 Å². The lowest BCUT2D eigenvalue weighted by Gasteiger charge is -2.28. The summed E-state index contributed by atoms with van der Waals surface area (Å²) < 4.78 is 34.8. The average Bonchev–Trinajstić information content (AvgIpc) is 2.74. The highest BCUT2D eigenvalue weighted by molar-refractivity contribution is 5.87. The molecule has 0 amide bonds. The molecule has 21 heavy (non-hydrogen) atoms. The van der Waals surface area contributed by atoms with Crippen molar-refractivity contribution in [3.8, 4) is 5.75 Å². The number of oxazole rings is 1. The predicted octanol–water partition coefficient (Wildman–Crippen LogP) is 2.27. The van der Waals surface area contributed by atoms with E-state index >= 15 is 0 Å². The lowest BCUT2D eigenvalue weighted by atomic mass is 10.1. The molecule has 1 aromatic carbocycles. The molecule has 0 aliphatic carbocycles. The Hall–Kier alpha value is -2.38. The van der Waals surface area contributed by atoms with Gasteiger partial charge in [-0.3, -0.25) is 4.79 Å². The Morgan fingerprint density at radius 3 is 2.81 bits per heavy atom. The van der Waals surface area contributed by atoms with E-state index in [1.807, 2.05) is 4.90 Å². The molecular formula is C13H12F2N2O4. The number of rotatable bonds is 5. The van der Waals surface area contributed by atoms with Crippen molar-refractivity contribution in [2.24, 2.45) is 0 Å². The molecule has 6 nitrogen and oxygen atoms in total. The van der Waals surface area contributed by atoms with Gasteiger partial charge in [0.2, 0.25) is 0 Å². The Bertz CT molecular complexity index is 682. The zero-order valence-electron chi connectivity index (χ0n) is 10.9. The van der Waals surface area contributed by atoms with Gasteiger partial charge in [0.05, 0.1) is 6.42 Å². The van der Waals surface area contributed by atoms with Crippen LogP contribution in [0.4, 0.5) is 14.8 Å². The number of alkyl halides is 2. The molecule has 1 N–H and O–H groups in total. The molecule has 0 spiro atoms. The number of halogens is 2. The molecule has 1 aromatic heterocycles. The standard InChI is InChI=1S/C13H12F2N2O4/c14-12(15)20-8-3-2-7(6-9(18)19)11-10(8)16-13(21-11)17-4-1-5-17/h2-3,12H,1,4-6H2,(H,18,19). The van der Waals surface area contributed by atoms with Crippen molar-refractivity contribution in [2.45, 2.75) is 19.5 Å². The third kappa shape index (κ3) is 2.61. The molecule has 8 heteroatoms. The van der Waals surface area contributed by atoms with Crippen LogP contribution in [0.3, 0.4) is 0 Å². The second-order valence-electron chi connectivity index (χ2n) is 4.69. The third-order valence-corrected chi connectivity index (χ3v) is 3.26. The number of nitrogens with zero attached hydrogens (tertiary/aromatic N) is 2. The summed E-state index contributed by atoms with van der Waals surface area (Å²) in [7, 11) is 0. The van der Waals surface area contributed by atoms with Gasteiger partial charge >= 0.3 is 12.6 Å². The predicted molar refractivity (Wildman–Crippen MR) is 68.8 cm³/mol. The number of benzene rings is 1. The number of aliphatic carboxylic acids is 1. The summed E-state index contributed by atoms with van der Waals surface area (Å²) >= 11 is 0. The maximum Gasteiger partial charge on any atom is 0.387 e. The van der Waals surface area contributed by atoms with Gasteiger partial charge in [0.25, 0.3) is 6.01 Å². The molecule has 0 bridgehead atoms. The minimum atomic E-state index is -2.98. The van der Waals surface area contributed by atoms with Gasteiger partial charge in [0.1, 0.15) is 0 Å². The first-order valence-corrected chi connectivity index (χ1v) is 6.38. The van der Waals surface area contributed by atoms with Crippen molar-refractivity contribution >= 4 is 23.1 Å². The molecule has 0 radical (unpaired) electrons. The van der Waals surface area contributed by atoms with E-state index in [9.17, 15) is 13.6 Å². The summed E-state index contributed by atoms with van der Waals surface area (Å²) in [4.78, 5) is 16.9. The Labute approximate surface area is 117 Å². The number of carbonyl (C=O) groups is 1. The monoisotopic (exact) mass is 298 g/mol. The van der Waals surface area contributed by atoms with Crippen LogP contribution in [0.5, 0.6) is 5.75 Å². The largest absolute Gasteiger partial charge is 0.481 e. The molecule has 1 aliphatic rings. The van der Waals surface area contributed by atoms with E-state index in [0.717, 1.165) is 19.5 Å². The second-order valence-corrected chi connectivity index (χ2v) is 4.69. The topological polar surface area (TPSA) is 75.8 Å². The summed E-state index contributed by atoms with van der Waals surface area (Å²) in [6, 6.07) is 2.99. The van der Waals surface area contributed by atoms with Crippen molar-refractivity contribution in [3.05, 3.63) is 17.7 Å². The number of carboxylic acids is 1. The molecule has 1 fully saturated rings. The van der Waals surface area contributed by atoms with Crippen LogP contribution in [-0.2, 0) is 11.2 Å². The normalized spacial score (nSPS) is 14.5. The summed E-state index contributed by atoms with van der Waals surface area (Å²) in [5.41, 5.74) is 0.673. The van der Waals surface area contributed by atoms with E-state index < -0.39 is 12.6 Å². The lowest BCUT2D eigenvalue weighted by molar-refractivity contribution is -0.136. The summed E-state index contributed by atoms with van der Waals surface area (Å²) in [6.07, 6.45) is 0.723. The van der Waals surface area contributed by atoms with Crippen LogP contribution >= 0.6 is 0 Å². The molecule has 0 atom stereocenters. The van der Waals surface area contributed by atoms with E-state index in [-0.39, 0.29) is 23.3 Å². The van der Waals surface area contributed by atoms with Gasteiger partial charge in [0.15, 0.2) is 16.8 Å². The van der Waals surface area contributed by atoms with E-state index in [1.165, 1.54) is 12.1 Å². The summed E-state index contributed by atoms with van der Waals surface area (Å²) in [5.74, 6) is -1.16. The van der Waals surface area contributed by atoms with Gasteiger partial charge in [-0.25, -0.2) is 0 Å².